The molecule has 1 aromatic rings. The summed E-state index contributed by atoms with van der Waals surface area (Å²) < 4.78 is 10.1. The van der Waals surface area contributed by atoms with Gasteiger partial charge in [0.15, 0.2) is 0 Å². The third-order valence-electron chi connectivity index (χ3n) is 2.27. The molecule has 0 aliphatic rings. The summed E-state index contributed by atoms with van der Waals surface area (Å²) in [4.78, 5) is 11.4. The summed E-state index contributed by atoms with van der Waals surface area (Å²) in [6.07, 6.45) is 8.52. The molecule has 0 aromatic heterocycles. The lowest BCUT2D eigenvalue weighted by atomic mass is 10.1. The van der Waals surface area contributed by atoms with Gasteiger partial charge in [0.25, 0.3) is 0 Å². The number of esters is 1. The SMILES string of the molecule is C#CCCOC(=O)C=Cc1cc(C)ccc1OC. The average Bonchev–Trinajstić information content (AvgIpc) is 2.37. The summed E-state index contributed by atoms with van der Waals surface area (Å²) in [5.74, 6) is 2.71. The van der Waals surface area contributed by atoms with Crippen molar-refractivity contribution in [3.8, 4) is 18.1 Å². The Morgan fingerprint density at radius 1 is 1.50 bits per heavy atom. The molecule has 1 aromatic carbocycles. The van der Waals surface area contributed by atoms with Gasteiger partial charge < -0.3 is 9.47 Å². The number of carbonyl (C=O) groups is 1. The predicted molar refractivity (Wildman–Crippen MR) is 71.2 cm³/mol. The van der Waals surface area contributed by atoms with Crippen molar-refractivity contribution in [3.05, 3.63) is 35.4 Å². The summed E-state index contributed by atoms with van der Waals surface area (Å²) >= 11 is 0. The molecule has 0 aliphatic carbocycles. The van der Waals surface area contributed by atoms with Crippen LogP contribution in [0.15, 0.2) is 24.3 Å². The predicted octanol–water partition coefficient (Wildman–Crippen LogP) is 2.58. The maximum absolute atomic E-state index is 11.4. The second-order valence-corrected chi connectivity index (χ2v) is 3.70. The largest absolute Gasteiger partial charge is 0.496 e. The monoisotopic (exact) mass is 244 g/mol. The Morgan fingerprint density at radius 3 is 2.94 bits per heavy atom. The van der Waals surface area contributed by atoms with Gasteiger partial charge in [-0.05, 0) is 25.1 Å². The van der Waals surface area contributed by atoms with Crippen LogP contribution in [0, 0.1) is 19.3 Å². The van der Waals surface area contributed by atoms with Crippen LogP contribution in [0.5, 0.6) is 5.75 Å². The van der Waals surface area contributed by atoms with E-state index < -0.39 is 5.97 Å². The molecule has 0 aliphatic heterocycles. The Hall–Kier alpha value is -2.21. The van der Waals surface area contributed by atoms with E-state index >= 15 is 0 Å². The number of benzene rings is 1. The summed E-state index contributed by atoms with van der Waals surface area (Å²) in [5.41, 5.74) is 1.93. The van der Waals surface area contributed by atoms with Crippen LogP contribution in [-0.4, -0.2) is 19.7 Å². The van der Waals surface area contributed by atoms with Crippen LogP contribution in [-0.2, 0) is 9.53 Å². The van der Waals surface area contributed by atoms with E-state index in [4.69, 9.17) is 15.9 Å². The van der Waals surface area contributed by atoms with Crippen molar-refractivity contribution in [2.45, 2.75) is 13.3 Å². The molecule has 0 saturated carbocycles. The first-order chi connectivity index (χ1) is 8.67. The van der Waals surface area contributed by atoms with Gasteiger partial charge in [-0.25, -0.2) is 4.79 Å². The molecule has 0 atom stereocenters. The first-order valence-corrected chi connectivity index (χ1v) is 5.60. The van der Waals surface area contributed by atoms with Crippen molar-refractivity contribution in [2.75, 3.05) is 13.7 Å². The molecule has 3 nitrogen and oxygen atoms in total. The van der Waals surface area contributed by atoms with E-state index in [1.807, 2.05) is 25.1 Å². The summed E-state index contributed by atoms with van der Waals surface area (Å²) in [7, 11) is 1.59. The Labute approximate surface area is 107 Å². The van der Waals surface area contributed by atoms with Gasteiger partial charge in [0.2, 0.25) is 0 Å². The first kappa shape index (κ1) is 13.9. The topological polar surface area (TPSA) is 35.5 Å². The molecule has 0 radical (unpaired) electrons. The standard InChI is InChI=1S/C15H16O3/c1-4-5-10-18-15(16)9-7-13-11-12(2)6-8-14(13)17-3/h1,6-9,11H,5,10H2,2-3H3. The zero-order valence-electron chi connectivity index (χ0n) is 10.6. The van der Waals surface area contributed by atoms with E-state index in [1.54, 1.807) is 13.2 Å². The molecule has 0 heterocycles. The van der Waals surface area contributed by atoms with Gasteiger partial charge in [-0.15, -0.1) is 12.3 Å². The molecule has 18 heavy (non-hydrogen) atoms. The minimum atomic E-state index is -0.409. The highest BCUT2D eigenvalue weighted by Crippen LogP contribution is 2.20. The van der Waals surface area contributed by atoms with Gasteiger partial charge in [-0.3, -0.25) is 0 Å². The minimum absolute atomic E-state index is 0.241. The lowest BCUT2D eigenvalue weighted by molar-refractivity contribution is -0.137. The molecule has 94 valence electrons. The molecule has 0 saturated heterocycles. The minimum Gasteiger partial charge on any atom is -0.496 e. The molecule has 3 heteroatoms. The van der Waals surface area contributed by atoms with E-state index in [-0.39, 0.29) is 6.61 Å². The third kappa shape index (κ3) is 4.34. The molecule has 0 spiro atoms. The number of hydrogen-bond donors (Lipinski definition) is 0. The highest BCUT2D eigenvalue weighted by atomic mass is 16.5. The van der Waals surface area contributed by atoms with E-state index in [9.17, 15) is 4.79 Å². The fraction of sp³-hybridized carbons (Fsp3) is 0.267. The van der Waals surface area contributed by atoms with E-state index in [2.05, 4.69) is 5.92 Å². The summed E-state index contributed by atoms with van der Waals surface area (Å²) in [6.45, 7) is 2.21. The molecule has 0 N–H and O–H groups in total. The molecule has 0 fully saturated rings. The molecular formula is C15H16O3. The zero-order chi connectivity index (χ0) is 13.4. The van der Waals surface area contributed by atoms with Crippen molar-refractivity contribution in [2.24, 2.45) is 0 Å². The summed E-state index contributed by atoms with van der Waals surface area (Å²) in [6, 6.07) is 5.74. The maximum Gasteiger partial charge on any atom is 0.330 e. The van der Waals surface area contributed by atoms with Crippen molar-refractivity contribution in [1.29, 1.82) is 0 Å². The third-order valence-corrected chi connectivity index (χ3v) is 2.27. The fourth-order valence-electron chi connectivity index (χ4n) is 1.40. The molecule has 0 amide bonds. The Bertz CT molecular complexity index is 481. The number of ether oxygens (including phenoxy) is 2. The quantitative estimate of drug-likeness (QED) is 0.345. The van der Waals surface area contributed by atoms with Crippen LogP contribution in [0.3, 0.4) is 0 Å². The number of hydrogen-bond acceptors (Lipinski definition) is 3. The maximum atomic E-state index is 11.4. The van der Waals surface area contributed by atoms with Crippen LogP contribution in [0.2, 0.25) is 0 Å². The number of methoxy groups -OCH3 is 1. The second-order valence-electron chi connectivity index (χ2n) is 3.70. The zero-order valence-corrected chi connectivity index (χ0v) is 10.6. The molecule has 1 rings (SSSR count). The Morgan fingerprint density at radius 2 is 2.28 bits per heavy atom. The second kappa shape index (κ2) is 7.18. The van der Waals surface area contributed by atoms with Crippen molar-refractivity contribution < 1.29 is 14.3 Å². The Balaban J connectivity index is 2.69. The van der Waals surface area contributed by atoms with Crippen LogP contribution in [0.25, 0.3) is 6.08 Å². The smallest absolute Gasteiger partial charge is 0.330 e. The summed E-state index contributed by atoms with van der Waals surface area (Å²) in [5, 5.41) is 0. The Kier molecular flexibility index (Phi) is 5.53. The van der Waals surface area contributed by atoms with Gasteiger partial charge in [0.1, 0.15) is 12.4 Å². The van der Waals surface area contributed by atoms with Crippen molar-refractivity contribution >= 4 is 12.0 Å². The van der Waals surface area contributed by atoms with Crippen molar-refractivity contribution in [1.82, 2.24) is 0 Å². The molecule has 0 bridgehead atoms. The highest BCUT2D eigenvalue weighted by molar-refractivity contribution is 5.87. The van der Waals surface area contributed by atoms with Gasteiger partial charge >= 0.3 is 5.97 Å². The van der Waals surface area contributed by atoms with E-state index in [0.29, 0.717) is 12.2 Å². The van der Waals surface area contributed by atoms with E-state index in [1.165, 1.54) is 6.08 Å². The lowest BCUT2D eigenvalue weighted by Gasteiger charge is -2.05. The number of rotatable bonds is 5. The van der Waals surface area contributed by atoms with E-state index in [0.717, 1.165) is 11.1 Å². The molecule has 0 unspecified atom stereocenters. The number of terminal acetylenes is 1. The van der Waals surface area contributed by atoms with Crippen LogP contribution in [0.4, 0.5) is 0 Å². The van der Waals surface area contributed by atoms with Crippen LogP contribution < -0.4 is 4.74 Å². The van der Waals surface area contributed by atoms with Crippen LogP contribution in [0.1, 0.15) is 17.5 Å². The van der Waals surface area contributed by atoms with Gasteiger partial charge in [0, 0.05) is 18.1 Å². The van der Waals surface area contributed by atoms with Gasteiger partial charge in [0.05, 0.1) is 7.11 Å². The highest BCUT2D eigenvalue weighted by Gasteiger charge is 2.01. The van der Waals surface area contributed by atoms with Gasteiger partial charge in [-0.2, -0.15) is 0 Å². The van der Waals surface area contributed by atoms with Crippen LogP contribution >= 0.6 is 0 Å². The first-order valence-electron chi connectivity index (χ1n) is 5.60. The normalized spacial score (nSPS) is 10.1. The number of aryl methyl sites for hydroxylation is 1. The fourth-order valence-corrected chi connectivity index (χ4v) is 1.40. The van der Waals surface area contributed by atoms with Crippen molar-refractivity contribution in [3.63, 3.8) is 0 Å². The molecular weight excluding hydrogens is 228 g/mol. The van der Waals surface area contributed by atoms with Gasteiger partial charge in [-0.1, -0.05) is 11.6 Å². The lowest BCUT2D eigenvalue weighted by Crippen LogP contribution is -2.01. The number of carbonyl (C=O) groups excluding carboxylic acids is 1. The average molecular weight is 244 g/mol.